The van der Waals surface area contributed by atoms with Crippen molar-refractivity contribution in [1.29, 1.82) is 0 Å². The predicted molar refractivity (Wildman–Crippen MR) is 28.8 cm³/mol. The molecule has 0 aromatic carbocycles. The van der Waals surface area contributed by atoms with Crippen LogP contribution in [0, 0.1) is 0 Å². The molecule has 42 valence electrons. The smallest absolute Gasteiger partial charge is 0.161 e. The minimum atomic E-state index is -0.532. The Labute approximate surface area is 46.4 Å². The van der Waals surface area contributed by atoms with Gasteiger partial charge in [-0.3, -0.25) is 0 Å². The van der Waals surface area contributed by atoms with Gasteiger partial charge in [-0.05, 0) is 12.1 Å². The quantitative estimate of drug-likeness (QED) is 0.542. The molecule has 0 bridgehead atoms. The van der Waals surface area contributed by atoms with Crippen LogP contribution in [0.4, 0.5) is 4.39 Å². The number of hydrogen-bond acceptors (Lipinski definition) is 1. The molecule has 8 heavy (non-hydrogen) atoms. The van der Waals surface area contributed by atoms with Crippen LogP contribution in [0.1, 0.15) is 5.76 Å². The molecule has 1 heterocycles. The fourth-order valence-corrected chi connectivity index (χ4v) is 0.433. The number of furan rings is 1. The van der Waals surface area contributed by atoms with Crippen LogP contribution in [0.5, 0.6) is 0 Å². The van der Waals surface area contributed by atoms with Crippen molar-refractivity contribution in [3.05, 3.63) is 30.7 Å². The van der Waals surface area contributed by atoms with Crippen molar-refractivity contribution in [3.8, 4) is 0 Å². The van der Waals surface area contributed by atoms with E-state index in [1.165, 1.54) is 12.3 Å². The number of hydrogen-bond donors (Lipinski definition) is 0. The average Bonchev–Trinajstić information content (AvgIpc) is 2.12. The van der Waals surface area contributed by atoms with E-state index < -0.39 is 5.83 Å². The Morgan fingerprint density at radius 1 is 1.75 bits per heavy atom. The summed E-state index contributed by atoms with van der Waals surface area (Å²) in [5.74, 6) is -0.333. The van der Waals surface area contributed by atoms with Crippen molar-refractivity contribution in [2.75, 3.05) is 0 Å². The lowest BCUT2D eigenvalue weighted by molar-refractivity contribution is 0.532. The van der Waals surface area contributed by atoms with Crippen LogP contribution in [0.25, 0.3) is 5.83 Å². The molecule has 0 aliphatic heterocycles. The average molecular weight is 112 g/mol. The molecular weight excluding hydrogens is 107 g/mol. The van der Waals surface area contributed by atoms with Crippen LogP contribution >= 0.6 is 0 Å². The first-order valence-electron chi connectivity index (χ1n) is 2.19. The zero-order valence-electron chi connectivity index (χ0n) is 4.23. The molecule has 0 spiro atoms. The molecule has 0 unspecified atom stereocenters. The normalized spacial score (nSPS) is 9.12. The van der Waals surface area contributed by atoms with Crippen LogP contribution in [-0.4, -0.2) is 0 Å². The molecule has 0 fully saturated rings. The molecule has 0 aliphatic carbocycles. The highest BCUT2D eigenvalue weighted by Crippen LogP contribution is 2.11. The maximum absolute atomic E-state index is 12.0. The summed E-state index contributed by atoms with van der Waals surface area (Å²) in [6.45, 7) is 3.04. The third kappa shape index (κ3) is 0.780. The van der Waals surface area contributed by atoms with Gasteiger partial charge < -0.3 is 4.42 Å². The SMILES string of the molecule is C=C(F)c1ccco1. The molecule has 0 atom stereocenters. The first kappa shape index (κ1) is 5.09. The first-order chi connectivity index (χ1) is 3.80. The Hall–Kier alpha value is -1.05. The molecule has 0 radical (unpaired) electrons. The highest BCUT2D eigenvalue weighted by Gasteiger charge is 1.95. The standard InChI is InChI=1S/C6H5FO/c1-5(7)6-3-2-4-8-6/h2-4H,1H2. The highest BCUT2D eigenvalue weighted by atomic mass is 19.1. The van der Waals surface area contributed by atoms with Gasteiger partial charge in [-0.15, -0.1) is 0 Å². The van der Waals surface area contributed by atoms with Gasteiger partial charge in [0.2, 0.25) is 0 Å². The summed E-state index contributed by atoms with van der Waals surface area (Å²) in [5, 5.41) is 0. The van der Waals surface area contributed by atoms with Gasteiger partial charge in [0.05, 0.1) is 6.26 Å². The second-order valence-corrected chi connectivity index (χ2v) is 1.38. The van der Waals surface area contributed by atoms with Gasteiger partial charge in [0.15, 0.2) is 11.6 Å². The van der Waals surface area contributed by atoms with E-state index in [1.54, 1.807) is 6.07 Å². The summed E-state index contributed by atoms with van der Waals surface area (Å²) >= 11 is 0. The third-order valence-corrected chi connectivity index (χ3v) is 0.789. The Morgan fingerprint density at radius 2 is 2.50 bits per heavy atom. The van der Waals surface area contributed by atoms with Gasteiger partial charge in [-0.25, -0.2) is 4.39 Å². The molecule has 1 aromatic rings. The van der Waals surface area contributed by atoms with E-state index in [4.69, 9.17) is 0 Å². The fraction of sp³-hybridized carbons (Fsp3) is 0. The van der Waals surface area contributed by atoms with Gasteiger partial charge in [0.25, 0.3) is 0 Å². The summed E-state index contributed by atoms with van der Waals surface area (Å²) in [6, 6.07) is 3.13. The van der Waals surface area contributed by atoms with Crippen molar-refractivity contribution < 1.29 is 8.81 Å². The van der Waals surface area contributed by atoms with Crippen molar-refractivity contribution in [1.82, 2.24) is 0 Å². The molecular formula is C6H5FO. The fourth-order valence-electron chi connectivity index (χ4n) is 0.433. The van der Waals surface area contributed by atoms with E-state index >= 15 is 0 Å². The summed E-state index contributed by atoms with van der Waals surface area (Å²) < 4.78 is 16.6. The van der Waals surface area contributed by atoms with E-state index in [0.717, 1.165) is 0 Å². The van der Waals surface area contributed by atoms with Crippen LogP contribution in [0.3, 0.4) is 0 Å². The van der Waals surface area contributed by atoms with E-state index in [1.807, 2.05) is 0 Å². The lowest BCUT2D eigenvalue weighted by atomic mass is 10.4. The minimum Gasteiger partial charge on any atom is -0.462 e. The zero-order valence-corrected chi connectivity index (χ0v) is 4.23. The van der Waals surface area contributed by atoms with Gasteiger partial charge in [-0.1, -0.05) is 6.58 Å². The Morgan fingerprint density at radius 3 is 2.75 bits per heavy atom. The van der Waals surface area contributed by atoms with Crippen LogP contribution in [0.15, 0.2) is 29.4 Å². The second kappa shape index (κ2) is 1.82. The molecule has 0 saturated carbocycles. The van der Waals surface area contributed by atoms with Crippen molar-refractivity contribution >= 4 is 5.83 Å². The second-order valence-electron chi connectivity index (χ2n) is 1.38. The third-order valence-electron chi connectivity index (χ3n) is 0.789. The van der Waals surface area contributed by atoms with Crippen molar-refractivity contribution in [3.63, 3.8) is 0 Å². The Balaban J connectivity index is 2.93. The van der Waals surface area contributed by atoms with Gasteiger partial charge in [-0.2, -0.15) is 0 Å². The first-order valence-corrected chi connectivity index (χ1v) is 2.19. The summed E-state index contributed by atoms with van der Waals surface area (Å²) in [5.41, 5.74) is 0. The summed E-state index contributed by atoms with van der Waals surface area (Å²) in [6.07, 6.45) is 1.40. The van der Waals surface area contributed by atoms with Crippen LogP contribution < -0.4 is 0 Å². The zero-order chi connectivity index (χ0) is 5.98. The predicted octanol–water partition coefficient (Wildman–Crippen LogP) is 2.22. The van der Waals surface area contributed by atoms with E-state index in [-0.39, 0.29) is 5.76 Å². The van der Waals surface area contributed by atoms with E-state index in [9.17, 15) is 4.39 Å². The lowest BCUT2D eigenvalue weighted by Gasteiger charge is -1.81. The summed E-state index contributed by atoms with van der Waals surface area (Å²) in [7, 11) is 0. The van der Waals surface area contributed by atoms with Crippen LogP contribution in [0.2, 0.25) is 0 Å². The summed E-state index contributed by atoms with van der Waals surface area (Å²) in [4.78, 5) is 0. The van der Waals surface area contributed by atoms with Crippen molar-refractivity contribution in [2.45, 2.75) is 0 Å². The molecule has 0 aliphatic rings. The maximum Gasteiger partial charge on any atom is 0.161 e. The Kier molecular flexibility index (Phi) is 1.16. The molecule has 1 nitrogen and oxygen atoms in total. The van der Waals surface area contributed by atoms with Crippen LogP contribution in [-0.2, 0) is 0 Å². The molecule has 1 rings (SSSR count). The molecule has 0 amide bonds. The molecule has 2 heteroatoms. The lowest BCUT2D eigenvalue weighted by Crippen LogP contribution is -1.63. The molecule has 0 saturated heterocycles. The molecule has 1 aromatic heterocycles. The number of rotatable bonds is 1. The Bertz CT molecular complexity index is 176. The monoisotopic (exact) mass is 112 g/mol. The van der Waals surface area contributed by atoms with Gasteiger partial charge in [0.1, 0.15) is 0 Å². The van der Waals surface area contributed by atoms with Gasteiger partial charge >= 0.3 is 0 Å². The van der Waals surface area contributed by atoms with Crippen molar-refractivity contribution in [2.24, 2.45) is 0 Å². The van der Waals surface area contributed by atoms with Gasteiger partial charge in [0, 0.05) is 0 Å². The largest absolute Gasteiger partial charge is 0.462 e. The number of halogens is 1. The molecule has 0 N–H and O–H groups in total. The highest BCUT2D eigenvalue weighted by molar-refractivity contribution is 5.49. The topological polar surface area (TPSA) is 13.1 Å². The minimum absolute atomic E-state index is 0.199. The van der Waals surface area contributed by atoms with E-state index in [2.05, 4.69) is 11.0 Å². The van der Waals surface area contributed by atoms with E-state index in [0.29, 0.717) is 0 Å². The maximum atomic E-state index is 12.0.